The Kier molecular flexibility index (Phi) is 4.65. The third-order valence-corrected chi connectivity index (χ3v) is 5.17. The van der Waals surface area contributed by atoms with Gasteiger partial charge in [0.05, 0.1) is 30.2 Å². The van der Waals surface area contributed by atoms with Crippen LogP contribution in [0, 0.1) is 0 Å². The van der Waals surface area contributed by atoms with Gasteiger partial charge in [-0.1, -0.05) is 12.1 Å². The van der Waals surface area contributed by atoms with E-state index < -0.39 is 0 Å². The van der Waals surface area contributed by atoms with Gasteiger partial charge in [0.25, 0.3) is 5.91 Å². The Morgan fingerprint density at radius 3 is 2.73 bits per heavy atom. The Hall–Kier alpha value is -2.76. The molecule has 136 valence electrons. The molecule has 26 heavy (non-hydrogen) atoms. The quantitative estimate of drug-likeness (QED) is 0.919. The monoisotopic (exact) mass is 352 g/mol. The molecule has 2 aromatic rings. The van der Waals surface area contributed by atoms with Crippen molar-refractivity contribution in [3.8, 4) is 5.88 Å². The number of piperazine rings is 1. The number of fused-ring (bicyclic) bond motifs is 1. The summed E-state index contributed by atoms with van der Waals surface area (Å²) in [7, 11) is 1.61. The van der Waals surface area contributed by atoms with Gasteiger partial charge in [0.2, 0.25) is 5.88 Å². The van der Waals surface area contributed by atoms with Crippen LogP contribution in [-0.2, 0) is 6.42 Å². The number of rotatable bonds is 3. The number of amides is 1. The van der Waals surface area contributed by atoms with Crippen LogP contribution < -0.4 is 15.0 Å². The van der Waals surface area contributed by atoms with E-state index in [9.17, 15) is 4.79 Å². The molecule has 4 rings (SSSR count). The van der Waals surface area contributed by atoms with Gasteiger partial charge in [-0.3, -0.25) is 4.79 Å². The average Bonchev–Trinajstić information content (AvgIpc) is 2.73. The van der Waals surface area contributed by atoms with Crippen molar-refractivity contribution in [2.45, 2.75) is 12.8 Å². The second kappa shape index (κ2) is 7.23. The number of para-hydroxylation sites is 1. The highest BCUT2D eigenvalue weighted by atomic mass is 16.5. The third-order valence-electron chi connectivity index (χ3n) is 5.17. The molecular formula is C20H24N4O2. The normalized spacial score (nSPS) is 16.7. The molecule has 2 aliphatic heterocycles. The van der Waals surface area contributed by atoms with Crippen molar-refractivity contribution in [3.63, 3.8) is 0 Å². The van der Waals surface area contributed by atoms with Crippen LogP contribution in [0.1, 0.15) is 22.3 Å². The highest BCUT2D eigenvalue weighted by Crippen LogP contribution is 2.27. The zero-order valence-corrected chi connectivity index (χ0v) is 15.1. The molecule has 1 amide bonds. The highest BCUT2D eigenvalue weighted by molar-refractivity contribution is 6.00. The molecule has 6 heteroatoms. The van der Waals surface area contributed by atoms with Crippen LogP contribution in [0.25, 0.3) is 0 Å². The number of hydrogen-bond donors (Lipinski definition) is 1. The molecule has 6 nitrogen and oxygen atoms in total. The first-order chi connectivity index (χ1) is 12.8. The molecule has 0 radical (unpaired) electrons. The summed E-state index contributed by atoms with van der Waals surface area (Å²) < 4.78 is 5.11. The van der Waals surface area contributed by atoms with Crippen LogP contribution in [0.2, 0.25) is 0 Å². The smallest absolute Gasteiger partial charge is 0.256 e. The van der Waals surface area contributed by atoms with E-state index in [-0.39, 0.29) is 5.91 Å². The topological polar surface area (TPSA) is 57.7 Å². The summed E-state index contributed by atoms with van der Waals surface area (Å²) in [5, 5.41) is 3.42. The summed E-state index contributed by atoms with van der Waals surface area (Å²) in [6, 6.07) is 9.94. The molecule has 2 aliphatic rings. The molecule has 0 aliphatic carbocycles. The number of hydrogen-bond acceptors (Lipinski definition) is 5. The fourth-order valence-corrected chi connectivity index (χ4v) is 3.71. The standard InChI is InChI=1S/C20H24N4O2/c1-26-18-8-7-16(14-22-18)23-10-12-24(13-11-23)20(25)17-6-2-4-15-5-3-9-21-19(15)17/h2,4,6-8,14,21H,3,5,9-13H2,1H3. The van der Waals surface area contributed by atoms with Crippen molar-refractivity contribution >= 4 is 17.3 Å². The minimum Gasteiger partial charge on any atom is -0.481 e. The zero-order chi connectivity index (χ0) is 17.9. The van der Waals surface area contributed by atoms with E-state index in [4.69, 9.17) is 4.74 Å². The Morgan fingerprint density at radius 1 is 1.15 bits per heavy atom. The Balaban J connectivity index is 1.44. The fourth-order valence-electron chi connectivity index (χ4n) is 3.71. The molecule has 0 bridgehead atoms. The van der Waals surface area contributed by atoms with E-state index in [1.54, 1.807) is 7.11 Å². The molecule has 1 N–H and O–H groups in total. The van der Waals surface area contributed by atoms with E-state index >= 15 is 0 Å². The zero-order valence-electron chi connectivity index (χ0n) is 15.1. The lowest BCUT2D eigenvalue weighted by Gasteiger charge is -2.36. The molecule has 0 atom stereocenters. The number of methoxy groups -OCH3 is 1. The van der Waals surface area contributed by atoms with E-state index in [1.807, 2.05) is 35.4 Å². The number of nitrogens with zero attached hydrogens (tertiary/aromatic N) is 3. The lowest BCUT2D eigenvalue weighted by molar-refractivity contribution is 0.0747. The summed E-state index contributed by atoms with van der Waals surface area (Å²) in [5.41, 5.74) is 4.16. The van der Waals surface area contributed by atoms with Crippen LogP contribution in [0.3, 0.4) is 0 Å². The molecule has 1 saturated heterocycles. The van der Waals surface area contributed by atoms with Crippen LogP contribution in [-0.4, -0.2) is 55.6 Å². The molecule has 3 heterocycles. The maximum Gasteiger partial charge on any atom is 0.256 e. The van der Waals surface area contributed by atoms with Crippen LogP contribution in [0.5, 0.6) is 5.88 Å². The summed E-state index contributed by atoms with van der Waals surface area (Å²) in [6.07, 6.45) is 3.99. The van der Waals surface area contributed by atoms with Crippen LogP contribution in [0.15, 0.2) is 36.5 Å². The second-order valence-electron chi connectivity index (χ2n) is 6.71. The number of benzene rings is 1. The van der Waals surface area contributed by atoms with Gasteiger partial charge < -0.3 is 19.9 Å². The molecular weight excluding hydrogens is 328 g/mol. The number of carbonyl (C=O) groups is 1. The number of pyridine rings is 1. The molecule has 0 saturated carbocycles. The summed E-state index contributed by atoms with van der Waals surface area (Å²) >= 11 is 0. The largest absolute Gasteiger partial charge is 0.481 e. The van der Waals surface area contributed by atoms with E-state index in [0.29, 0.717) is 19.0 Å². The summed E-state index contributed by atoms with van der Waals surface area (Å²) in [4.78, 5) is 21.5. The molecule has 0 unspecified atom stereocenters. The molecule has 1 aromatic heterocycles. The summed E-state index contributed by atoms with van der Waals surface area (Å²) in [5.74, 6) is 0.743. The number of nitrogens with one attached hydrogen (secondary N) is 1. The minimum absolute atomic E-state index is 0.128. The Labute approximate surface area is 153 Å². The van der Waals surface area contributed by atoms with E-state index in [0.717, 1.165) is 49.4 Å². The number of ether oxygens (including phenoxy) is 1. The first-order valence-electron chi connectivity index (χ1n) is 9.16. The van der Waals surface area contributed by atoms with Gasteiger partial charge in [-0.2, -0.15) is 0 Å². The maximum atomic E-state index is 13.0. The van der Waals surface area contributed by atoms with Crippen molar-refractivity contribution in [2.75, 3.05) is 50.1 Å². The van der Waals surface area contributed by atoms with Gasteiger partial charge >= 0.3 is 0 Å². The lowest BCUT2D eigenvalue weighted by Crippen LogP contribution is -2.49. The molecule has 0 spiro atoms. The Morgan fingerprint density at radius 2 is 2.00 bits per heavy atom. The first-order valence-corrected chi connectivity index (χ1v) is 9.16. The highest BCUT2D eigenvalue weighted by Gasteiger charge is 2.25. The van der Waals surface area contributed by atoms with Crippen LogP contribution in [0.4, 0.5) is 11.4 Å². The predicted molar refractivity (Wildman–Crippen MR) is 102 cm³/mol. The first kappa shape index (κ1) is 16.7. The molecule has 1 aromatic carbocycles. The average molecular weight is 352 g/mol. The molecule has 1 fully saturated rings. The van der Waals surface area contributed by atoms with Crippen LogP contribution >= 0.6 is 0 Å². The summed E-state index contributed by atoms with van der Waals surface area (Å²) in [6.45, 7) is 3.99. The number of aromatic nitrogens is 1. The van der Waals surface area contributed by atoms with Crippen molar-refractivity contribution in [1.29, 1.82) is 0 Å². The van der Waals surface area contributed by atoms with Gasteiger partial charge in [-0.25, -0.2) is 4.98 Å². The number of anilines is 2. The lowest BCUT2D eigenvalue weighted by atomic mass is 9.98. The van der Waals surface area contributed by atoms with E-state index in [2.05, 4.69) is 21.3 Å². The fraction of sp³-hybridized carbons (Fsp3) is 0.400. The van der Waals surface area contributed by atoms with Crippen molar-refractivity contribution in [1.82, 2.24) is 9.88 Å². The van der Waals surface area contributed by atoms with E-state index in [1.165, 1.54) is 5.56 Å². The van der Waals surface area contributed by atoms with Gasteiger partial charge in [0.15, 0.2) is 0 Å². The predicted octanol–water partition coefficient (Wildman–Crippen LogP) is 2.41. The Bertz CT molecular complexity index is 783. The number of aryl methyl sites for hydroxylation is 1. The SMILES string of the molecule is COc1ccc(N2CCN(C(=O)c3cccc4c3NCCC4)CC2)cn1. The van der Waals surface area contributed by atoms with Gasteiger partial charge in [-0.05, 0) is 30.5 Å². The third kappa shape index (κ3) is 3.19. The van der Waals surface area contributed by atoms with Crippen molar-refractivity contribution in [3.05, 3.63) is 47.7 Å². The number of carbonyl (C=O) groups excluding carboxylic acids is 1. The maximum absolute atomic E-state index is 13.0. The van der Waals surface area contributed by atoms with Gasteiger partial charge in [0, 0.05) is 38.8 Å². The minimum atomic E-state index is 0.128. The van der Waals surface area contributed by atoms with Gasteiger partial charge in [0.1, 0.15) is 0 Å². The van der Waals surface area contributed by atoms with Crippen molar-refractivity contribution < 1.29 is 9.53 Å². The van der Waals surface area contributed by atoms with Crippen molar-refractivity contribution in [2.24, 2.45) is 0 Å². The second-order valence-corrected chi connectivity index (χ2v) is 6.71. The van der Waals surface area contributed by atoms with Gasteiger partial charge in [-0.15, -0.1) is 0 Å².